The standard InChI is InChI=1S/C13H13N3S2/c1-3-4-9-8-7-11-12(16-13(17-2)18-11)15-10(8)5-6-14-9/h5-7H,3-4H2,1-2H3. The summed E-state index contributed by atoms with van der Waals surface area (Å²) in [6, 6.07) is 4.15. The lowest BCUT2D eigenvalue weighted by atomic mass is 10.1. The summed E-state index contributed by atoms with van der Waals surface area (Å²) in [4.78, 5) is 13.6. The molecule has 92 valence electrons. The topological polar surface area (TPSA) is 38.7 Å². The van der Waals surface area contributed by atoms with E-state index < -0.39 is 0 Å². The quantitative estimate of drug-likeness (QED) is 0.679. The predicted octanol–water partition coefficient (Wildman–Crippen LogP) is 3.91. The molecule has 0 spiro atoms. The molecule has 18 heavy (non-hydrogen) atoms. The van der Waals surface area contributed by atoms with Crippen LogP contribution >= 0.6 is 23.1 Å². The van der Waals surface area contributed by atoms with E-state index in [0.717, 1.165) is 38.7 Å². The Hall–Kier alpha value is -1.20. The van der Waals surface area contributed by atoms with Crippen molar-refractivity contribution in [2.24, 2.45) is 0 Å². The van der Waals surface area contributed by atoms with Crippen molar-refractivity contribution < 1.29 is 0 Å². The summed E-state index contributed by atoms with van der Waals surface area (Å²) < 4.78 is 2.22. The molecule has 3 aromatic rings. The molecule has 0 bridgehead atoms. The summed E-state index contributed by atoms with van der Waals surface area (Å²) in [5.41, 5.74) is 2.99. The minimum atomic E-state index is 0.852. The number of hydrogen-bond acceptors (Lipinski definition) is 5. The molecule has 0 fully saturated rings. The van der Waals surface area contributed by atoms with E-state index in [4.69, 9.17) is 0 Å². The highest BCUT2D eigenvalue weighted by Gasteiger charge is 2.09. The van der Waals surface area contributed by atoms with Crippen molar-refractivity contribution >= 4 is 44.3 Å². The zero-order valence-electron chi connectivity index (χ0n) is 10.3. The number of aromatic nitrogens is 3. The van der Waals surface area contributed by atoms with Crippen LogP contribution in [0.25, 0.3) is 21.3 Å². The summed E-state index contributed by atoms with van der Waals surface area (Å²) in [7, 11) is 0. The van der Waals surface area contributed by atoms with Gasteiger partial charge in [-0.3, -0.25) is 4.98 Å². The van der Waals surface area contributed by atoms with Gasteiger partial charge in [-0.25, -0.2) is 9.97 Å². The fourth-order valence-corrected chi connectivity index (χ4v) is 3.47. The average molecular weight is 275 g/mol. The van der Waals surface area contributed by atoms with E-state index in [1.807, 2.05) is 18.5 Å². The van der Waals surface area contributed by atoms with E-state index in [9.17, 15) is 0 Å². The Labute approximate surface area is 114 Å². The molecule has 3 rings (SSSR count). The molecule has 0 aliphatic heterocycles. The van der Waals surface area contributed by atoms with E-state index in [0.29, 0.717) is 0 Å². The Morgan fingerprint density at radius 2 is 2.22 bits per heavy atom. The maximum Gasteiger partial charge on any atom is 0.172 e. The second kappa shape index (κ2) is 4.82. The van der Waals surface area contributed by atoms with Gasteiger partial charge in [0.2, 0.25) is 0 Å². The number of aryl methyl sites for hydroxylation is 1. The first-order chi connectivity index (χ1) is 8.81. The van der Waals surface area contributed by atoms with Gasteiger partial charge >= 0.3 is 0 Å². The molecule has 0 saturated carbocycles. The molecule has 0 atom stereocenters. The van der Waals surface area contributed by atoms with Gasteiger partial charge in [0.05, 0.1) is 10.2 Å². The number of hydrogen-bond donors (Lipinski definition) is 0. The van der Waals surface area contributed by atoms with Crippen LogP contribution in [0.2, 0.25) is 0 Å². The van der Waals surface area contributed by atoms with Crippen LogP contribution in [0.4, 0.5) is 0 Å². The summed E-state index contributed by atoms with van der Waals surface area (Å²) >= 11 is 3.37. The minimum absolute atomic E-state index is 0.852. The smallest absolute Gasteiger partial charge is 0.172 e. The molecule has 3 aromatic heterocycles. The van der Waals surface area contributed by atoms with Gasteiger partial charge in [0.25, 0.3) is 0 Å². The van der Waals surface area contributed by atoms with Gasteiger partial charge in [-0.2, -0.15) is 0 Å². The van der Waals surface area contributed by atoms with Gasteiger partial charge in [-0.1, -0.05) is 25.1 Å². The Kier molecular flexibility index (Phi) is 3.18. The average Bonchev–Trinajstić information content (AvgIpc) is 2.79. The first kappa shape index (κ1) is 11.9. The molecule has 0 aliphatic rings. The first-order valence-corrected chi connectivity index (χ1v) is 7.95. The number of rotatable bonds is 3. The van der Waals surface area contributed by atoms with Crippen LogP contribution in [0, 0.1) is 0 Å². The van der Waals surface area contributed by atoms with Crippen molar-refractivity contribution in [3.05, 3.63) is 24.0 Å². The molecule has 0 N–H and O–H groups in total. The molecule has 0 radical (unpaired) electrons. The van der Waals surface area contributed by atoms with E-state index in [-0.39, 0.29) is 0 Å². The van der Waals surface area contributed by atoms with Crippen LogP contribution in [0.3, 0.4) is 0 Å². The Bertz CT molecular complexity index is 706. The minimum Gasteiger partial charge on any atom is -0.261 e. The van der Waals surface area contributed by atoms with Crippen LogP contribution in [0.1, 0.15) is 19.0 Å². The van der Waals surface area contributed by atoms with Crippen LogP contribution < -0.4 is 0 Å². The highest BCUT2D eigenvalue weighted by Crippen LogP contribution is 2.30. The van der Waals surface area contributed by atoms with Gasteiger partial charge in [0.1, 0.15) is 0 Å². The molecule has 0 saturated heterocycles. The number of nitrogens with zero attached hydrogens (tertiary/aromatic N) is 3. The Morgan fingerprint density at radius 3 is 3.00 bits per heavy atom. The molecule has 0 aliphatic carbocycles. The summed E-state index contributed by atoms with van der Waals surface area (Å²) in [6.45, 7) is 2.17. The summed E-state index contributed by atoms with van der Waals surface area (Å²) in [5.74, 6) is 0. The monoisotopic (exact) mass is 275 g/mol. The highest BCUT2D eigenvalue weighted by molar-refractivity contribution is 8.00. The van der Waals surface area contributed by atoms with Gasteiger partial charge in [0.15, 0.2) is 9.99 Å². The molecule has 0 unspecified atom stereocenters. The van der Waals surface area contributed by atoms with Crippen molar-refractivity contribution in [3.63, 3.8) is 0 Å². The lowest BCUT2D eigenvalue weighted by Crippen LogP contribution is -1.92. The van der Waals surface area contributed by atoms with E-state index in [1.165, 1.54) is 5.39 Å². The Morgan fingerprint density at radius 1 is 1.33 bits per heavy atom. The van der Waals surface area contributed by atoms with Crippen LogP contribution in [0.5, 0.6) is 0 Å². The summed E-state index contributed by atoms with van der Waals surface area (Å²) in [6.07, 6.45) is 5.98. The van der Waals surface area contributed by atoms with Crippen molar-refractivity contribution in [2.75, 3.05) is 6.26 Å². The molecule has 3 heterocycles. The zero-order chi connectivity index (χ0) is 12.5. The second-order valence-electron chi connectivity index (χ2n) is 4.07. The molecule has 5 heteroatoms. The normalized spacial score (nSPS) is 11.4. The van der Waals surface area contributed by atoms with Crippen LogP contribution in [-0.4, -0.2) is 21.2 Å². The number of pyridine rings is 2. The molecule has 0 aromatic carbocycles. The molecule has 3 nitrogen and oxygen atoms in total. The molecular formula is C13H13N3S2. The summed E-state index contributed by atoms with van der Waals surface area (Å²) in [5, 5.41) is 1.17. The maximum absolute atomic E-state index is 4.64. The van der Waals surface area contributed by atoms with E-state index >= 15 is 0 Å². The van der Waals surface area contributed by atoms with Gasteiger partial charge in [-0.15, -0.1) is 11.3 Å². The van der Waals surface area contributed by atoms with Crippen LogP contribution in [-0.2, 0) is 6.42 Å². The van der Waals surface area contributed by atoms with E-state index in [2.05, 4.69) is 27.9 Å². The number of fused-ring (bicyclic) bond motifs is 2. The molecular weight excluding hydrogens is 262 g/mol. The largest absolute Gasteiger partial charge is 0.261 e. The second-order valence-corrected chi connectivity index (χ2v) is 6.15. The third-order valence-electron chi connectivity index (χ3n) is 2.83. The van der Waals surface area contributed by atoms with Crippen molar-refractivity contribution in [3.8, 4) is 0 Å². The van der Waals surface area contributed by atoms with Gasteiger partial charge < -0.3 is 0 Å². The lowest BCUT2D eigenvalue weighted by Gasteiger charge is -2.03. The Balaban J connectivity index is 2.28. The van der Waals surface area contributed by atoms with Crippen molar-refractivity contribution in [1.29, 1.82) is 0 Å². The lowest BCUT2D eigenvalue weighted by molar-refractivity contribution is 0.893. The highest BCUT2D eigenvalue weighted by atomic mass is 32.2. The van der Waals surface area contributed by atoms with Gasteiger partial charge in [-0.05, 0) is 24.8 Å². The fraction of sp³-hybridized carbons (Fsp3) is 0.308. The van der Waals surface area contributed by atoms with Crippen molar-refractivity contribution in [2.45, 2.75) is 24.1 Å². The van der Waals surface area contributed by atoms with Crippen LogP contribution in [0.15, 0.2) is 22.7 Å². The third kappa shape index (κ3) is 1.97. The SMILES string of the molecule is CCCc1nccc2nc3nc(SC)sc3cc12. The first-order valence-electron chi connectivity index (χ1n) is 5.91. The van der Waals surface area contributed by atoms with Gasteiger partial charge in [0, 0.05) is 17.3 Å². The zero-order valence-corrected chi connectivity index (χ0v) is 11.9. The number of thioether (sulfide) groups is 1. The third-order valence-corrected chi connectivity index (χ3v) is 4.80. The predicted molar refractivity (Wildman–Crippen MR) is 78.5 cm³/mol. The molecule has 0 amide bonds. The van der Waals surface area contributed by atoms with Crippen molar-refractivity contribution in [1.82, 2.24) is 15.0 Å². The van der Waals surface area contributed by atoms with E-state index in [1.54, 1.807) is 23.1 Å². The fourth-order valence-electron chi connectivity index (χ4n) is 2.01. The number of thiazole rings is 1. The maximum atomic E-state index is 4.64.